The summed E-state index contributed by atoms with van der Waals surface area (Å²) in [6.45, 7) is 0. The maximum atomic E-state index is 11.3. The minimum Gasteiger partial charge on any atom is -0.300 e. The maximum absolute atomic E-state index is 11.3. The van der Waals surface area contributed by atoms with Crippen molar-refractivity contribution in [3.8, 4) is 0 Å². The number of ketones is 1. The van der Waals surface area contributed by atoms with Crippen LogP contribution >= 0.6 is 0 Å². The van der Waals surface area contributed by atoms with E-state index in [4.69, 9.17) is 0 Å². The van der Waals surface area contributed by atoms with Crippen molar-refractivity contribution in [1.82, 2.24) is 0 Å². The molecule has 0 amide bonds. The molecule has 2 aliphatic carbocycles. The molecule has 0 aromatic rings. The summed E-state index contributed by atoms with van der Waals surface area (Å²) >= 11 is 0. The fourth-order valence-electron chi connectivity index (χ4n) is 4.13. The molecule has 2 aliphatic rings. The lowest BCUT2D eigenvalue weighted by Crippen LogP contribution is -1.98. The zero-order valence-corrected chi connectivity index (χ0v) is 17.2. The van der Waals surface area contributed by atoms with Crippen LogP contribution in [-0.4, -0.2) is 5.78 Å². The van der Waals surface area contributed by atoms with Gasteiger partial charge in [-0.2, -0.15) is 0 Å². The molecule has 1 nitrogen and oxygen atoms in total. The van der Waals surface area contributed by atoms with Gasteiger partial charge in [0.1, 0.15) is 5.78 Å². The molecule has 0 saturated heterocycles. The standard InChI is InChI=1S/C12H22O.C12H24/c13-12-10-8-6-4-2-1-3-5-7-9-11-12;1-2-4-6-8-10-12-11-9-7-5-3-1/h1-11H2;1-12H2. The molecule has 0 atom stereocenters. The highest BCUT2D eigenvalue weighted by Crippen LogP contribution is 2.16. The lowest BCUT2D eigenvalue weighted by molar-refractivity contribution is -0.119. The summed E-state index contributed by atoms with van der Waals surface area (Å²) in [5, 5.41) is 0. The molecule has 0 aliphatic heterocycles. The Morgan fingerprint density at radius 3 is 0.640 bits per heavy atom. The topological polar surface area (TPSA) is 17.1 Å². The fourth-order valence-corrected chi connectivity index (χ4v) is 4.13. The van der Waals surface area contributed by atoms with Crippen LogP contribution in [0, 0.1) is 0 Å². The second kappa shape index (κ2) is 18.5. The van der Waals surface area contributed by atoms with Crippen LogP contribution in [0.5, 0.6) is 0 Å². The Kier molecular flexibility index (Phi) is 16.8. The van der Waals surface area contributed by atoms with Gasteiger partial charge in [-0.25, -0.2) is 0 Å². The highest BCUT2D eigenvalue weighted by atomic mass is 16.1. The first-order chi connectivity index (χ1) is 12.4. The van der Waals surface area contributed by atoms with Gasteiger partial charge in [-0.1, -0.05) is 122 Å². The molecule has 0 bridgehead atoms. The Morgan fingerprint density at radius 2 is 0.440 bits per heavy atom. The van der Waals surface area contributed by atoms with E-state index in [9.17, 15) is 4.79 Å². The SMILES string of the molecule is C1CCCCCCCCCCC1.O=C1CCCCCCCCCCC1. The molecule has 0 N–H and O–H groups in total. The highest BCUT2D eigenvalue weighted by Gasteiger charge is 2.03. The maximum Gasteiger partial charge on any atom is 0.132 e. The van der Waals surface area contributed by atoms with Crippen molar-refractivity contribution in [2.24, 2.45) is 0 Å². The summed E-state index contributed by atoms with van der Waals surface area (Å²) < 4.78 is 0. The Morgan fingerprint density at radius 1 is 0.280 bits per heavy atom. The van der Waals surface area contributed by atoms with E-state index in [0.717, 1.165) is 25.7 Å². The summed E-state index contributed by atoms with van der Waals surface area (Å²) in [5.74, 6) is 0.501. The van der Waals surface area contributed by atoms with Crippen LogP contribution in [0.3, 0.4) is 0 Å². The third-order valence-electron chi connectivity index (χ3n) is 5.91. The van der Waals surface area contributed by atoms with E-state index in [0.29, 0.717) is 5.78 Å². The number of rotatable bonds is 0. The van der Waals surface area contributed by atoms with Crippen LogP contribution < -0.4 is 0 Å². The second-order valence-corrected chi connectivity index (χ2v) is 8.46. The van der Waals surface area contributed by atoms with Crippen molar-refractivity contribution >= 4 is 5.78 Å². The van der Waals surface area contributed by atoms with Gasteiger partial charge in [0.2, 0.25) is 0 Å². The molecular formula is C24H46O. The number of hydrogen-bond donors (Lipinski definition) is 0. The number of carbonyl (C=O) groups is 1. The summed E-state index contributed by atoms with van der Waals surface area (Å²) in [4.78, 5) is 11.3. The van der Waals surface area contributed by atoms with Gasteiger partial charge in [-0.05, 0) is 12.8 Å². The van der Waals surface area contributed by atoms with Gasteiger partial charge in [0.05, 0.1) is 0 Å². The summed E-state index contributed by atoms with van der Waals surface area (Å²) in [6.07, 6.45) is 31.4. The molecule has 0 radical (unpaired) electrons. The molecule has 25 heavy (non-hydrogen) atoms. The normalized spacial score (nSPS) is 23.6. The molecule has 148 valence electrons. The van der Waals surface area contributed by atoms with Crippen LogP contribution in [-0.2, 0) is 4.79 Å². The molecule has 2 fully saturated rings. The van der Waals surface area contributed by atoms with Crippen LogP contribution in [0.25, 0.3) is 0 Å². The monoisotopic (exact) mass is 350 g/mol. The van der Waals surface area contributed by atoms with Gasteiger partial charge in [-0.3, -0.25) is 4.79 Å². The Hall–Kier alpha value is -0.330. The molecule has 2 saturated carbocycles. The van der Waals surface area contributed by atoms with Crippen molar-refractivity contribution in [3.63, 3.8) is 0 Å². The lowest BCUT2D eigenvalue weighted by atomic mass is 10.0. The minimum atomic E-state index is 0.501. The summed E-state index contributed by atoms with van der Waals surface area (Å²) in [7, 11) is 0. The Bertz CT molecular complexity index is 227. The first kappa shape index (κ1) is 22.7. The number of Topliss-reactive ketones (excluding diaryl/α,β-unsaturated/α-hetero) is 1. The van der Waals surface area contributed by atoms with Gasteiger partial charge in [-0.15, -0.1) is 0 Å². The smallest absolute Gasteiger partial charge is 0.132 e. The van der Waals surface area contributed by atoms with Crippen molar-refractivity contribution in [3.05, 3.63) is 0 Å². The zero-order chi connectivity index (χ0) is 17.8. The second-order valence-electron chi connectivity index (χ2n) is 8.46. The van der Waals surface area contributed by atoms with Crippen molar-refractivity contribution in [2.75, 3.05) is 0 Å². The van der Waals surface area contributed by atoms with Crippen LogP contribution in [0.1, 0.15) is 148 Å². The molecule has 0 aromatic heterocycles. The summed E-state index contributed by atoms with van der Waals surface area (Å²) in [5.41, 5.74) is 0. The summed E-state index contributed by atoms with van der Waals surface area (Å²) in [6, 6.07) is 0. The van der Waals surface area contributed by atoms with E-state index in [2.05, 4.69) is 0 Å². The van der Waals surface area contributed by atoms with Gasteiger partial charge in [0, 0.05) is 12.8 Å². The first-order valence-electron chi connectivity index (χ1n) is 11.9. The van der Waals surface area contributed by atoms with Crippen LogP contribution in [0.2, 0.25) is 0 Å². The molecule has 0 aromatic carbocycles. The van der Waals surface area contributed by atoms with Crippen molar-refractivity contribution in [1.29, 1.82) is 0 Å². The highest BCUT2D eigenvalue weighted by molar-refractivity contribution is 5.78. The molecular weight excluding hydrogens is 304 g/mol. The third-order valence-corrected chi connectivity index (χ3v) is 5.91. The van der Waals surface area contributed by atoms with E-state index < -0.39 is 0 Å². The average molecular weight is 351 g/mol. The predicted octanol–water partition coefficient (Wildman–Crippen LogP) is 8.54. The van der Waals surface area contributed by atoms with Gasteiger partial charge in [0.15, 0.2) is 0 Å². The molecule has 0 heterocycles. The number of hydrogen-bond acceptors (Lipinski definition) is 1. The average Bonchev–Trinajstić information content (AvgIpc) is 2.59. The quantitative estimate of drug-likeness (QED) is 0.427. The van der Waals surface area contributed by atoms with Crippen LogP contribution in [0.15, 0.2) is 0 Å². The van der Waals surface area contributed by atoms with E-state index in [-0.39, 0.29) is 0 Å². The van der Waals surface area contributed by atoms with E-state index in [1.807, 2.05) is 0 Å². The largest absolute Gasteiger partial charge is 0.300 e. The molecule has 0 spiro atoms. The Labute approximate surface area is 158 Å². The molecule has 2 rings (SSSR count). The van der Waals surface area contributed by atoms with Gasteiger partial charge < -0.3 is 0 Å². The van der Waals surface area contributed by atoms with Crippen molar-refractivity contribution in [2.45, 2.75) is 148 Å². The minimum absolute atomic E-state index is 0.501. The third kappa shape index (κ3) is 16.9. The van der Waals surface area contributed by atoms with Crippen molar-refractivity contribution < 1.29 is 4.79 Å². The predicted molar refractivity (Wildman–Crippen MR) is 111 cm³/mol. The lowest BCUT2D eigenvalue weighted by Gasteiger charge is -2.05. The van der Waals surface area contributed by atoms with E-state index in [1.165, 1.54) is 122 Å². The zero-order valence-electron chi connectivity index (χ0n) is 17.2. The van der Waals surface area contributed by atoms with Crippen LogP contribution in [0.4, 0.5) is 0 Å². The fraction of sp³-hybridized carbons (Fsp3) is 0.958. The van der Waals surface area contributed by atoms with E-state index in [1.54, 1.807) is 0 Å². The van der Waals surface area contributed by atoms with Gasteiger partial charge >= 0.3 is 0 Å². The van der Waals surface area contributed by atoms with Gasteiger partial charge in [0.25, 0.3) is 0 Å². The van der Waals surface area contributed by atoms with E-state index >= 15 is 0 Å². The number of carbonyl (C=O) groups excluding carboxylic acids is 1. The Balaban J connectivity index is 0.000000251. The molecule has 0 unspecified atom stereocenters. The molecule has 1 heteroatoms. The first-order valence-corrected chi connectivity index (χ1v) is 11.9.